The van der Waals surface area contributed by atoms with Gasteiger partial charge in [0.05, 0.1) is 0 Å². The van der Waals surface area contributed by atoms with Crippen LogP contribution in [0.25, 0.3) is 11.6 Å². The van der Waals surface area contributed by atoms with Gasteiger partial charge in [-0.3, -0.25) is 4.79 Å². The van der Waals surface area contributed by atoms with Crippen LogP contribution in [0.15, 0.2) is 54.6 Å². The lowest BCUT2D eigenvalue weighted by molar-refractivity contribution is -0.115. The van der Waals surface area contributed by atoms with Crippen molar-refractivity contribution in [2.75, 3.05) is 12.3 Å². The van der Waals surface area contributed by atoms with Gasteiger partial charge in [-0.05, 0) is 35.8 Å². The lowest BCUT2D eigenvalue weighted by Gasteiger charge is -2.10. The number of nitrogen functional groups attached to an aromatic ring is 1. The number of hydrogen-bond acceptors (Lipinski definition) is 2. The first-order valence-electron chi connectivity index (χ1n) is 13.1. The summed E-state index contributed by atoms with van der Waals surface area (Å²) >= 11 is 0. The van der Waals surface area contributed by atoms with Crippen LogP contribution in [0.2, 0.25) is 0 Å². The Bertz CT molecular complexity index is 796. The van der Waals surface area contributed by atoms with Crippen molar-refractivity contribution in [3.05, 3.63) is 65.7 Å². The van der Waals surface area contributed by atoms with Crippen molar-refractivity contribution in [3.8, 4) is 0 Å². The Hall–Kier alpha value is -2.55. The van der Waals surface area contributed by atoms with Crippen molar-refractivity contribution < 1.29 is 4.79 Å². The Labute approximate surface area is 201 Å². The van der Waals surface area contributed by atoms with Crippen LogP contribution in [-0.2, 0) is 4.79 Å². The van der Waals surface area contributed by atoms with Gasteiger partial charge in [-0.2, -0.15) is 0 Å². The van der Waals surface area contributed by atoms with Crippen LogP contribution in [0.3, 0.4) is 0 Å². The first-order valence-corrected chi connectivity index (χ1v) is 13.1. The summed E-state index contributed by atoms with van der Waals surface area (Å²) in [6, 6.07) is 17.5. The summed E-state index contributed by atoms with van der Waals surface area (Å²) in [5, 5.41) is 3.12. The van der Waals surface area contributed by atoms with Gasteiger partial charge in [-0.25, -0.2) is 0 Å². The van der Waals surface area contributed by atoms with Crippen molar-refractivity contribution in [1.82, 2.24) is 5.32 Å². The third kappa shape index (κ3) is 11.8. The maximum absolute atomic E-state index is 12.9. The second-order valence-corrected chi connectivity index (χ2v) is 9.09. The molecule has 0 aromatic heterocycles. The molecule has 0 heterocycles. The molecule has 2 rings (SSSR count). The average molecular weight is 449 g/mol. The molecule has 0 aliphatic carbocycles. The van der Waals surface area contributed by atoms with Gasteiger partial charge >= 0.3 is 0 Å². The van der Waals surface area contributed by atoms with E-state index in [-0.39, 0.29) is 5.91 Å². The quantitative estimate of drug-likeness (QED) is 0.111. The lowest BCUT2D eigenvalue weighted by atomic mass is 10.0. The minimum absolute atomic E-state index is 0.0167. The summed E-state index contributed by atoms with van der Waals surface area (Å²) in [6.07, 6.45) is 19.2. The molecule has 180 valence electrons. The molecule has 1 amide bonds. The molecule has 0 fully saturated rings. The van der Waals surface area contributed by atoms with Crippen LogP contribution in [0.4, 0.5) is 5.69 Å². The molecule has 2 aromatic rings. The van der Waals surface area contributed by atoms with Crippen LogP contribution in [0, 0.1) is 0 Å². The minimum atomic E-state index is -0.0167. The van der Waals surface area contributed by atoms with E-state index >= 15 is 0 Å². The average Bonchev–Trinajstić information content (AvgIpc) is 2.84. The zero-order chi connectivity index (χ0) is 23.6. The Morgan fingerprint density at radius 2 is 1.24 bits per heavy atom. The molecule has 0 bridgehead atoms. The Balaban J connectivity index is 1.64. The first-order chi connectivity index (χ1) is 16.2. The predicted octanol–water partition coefficient (Wildman–Crippen LogP) is 8.02. The maximum Gasteiger partial charge on any atom is 0.251 e. The van der Waals surface area contributed by atoms with E-state index in [0.29, 0.717) is 5.57 Å². The Morgan fingerprint density at radius 1 is 0.727 bits per heavy atom. The van der Waals surface area contributed by atoms with Gasteiger partial charge in [0.15, 0.2) is 0 Å². The highest BCUT2D eigenvalue weighted by Crippen LogP contribution is 2.19. The zero-order valence-electron chi connectivity index (χ0n) is 20.7. The largest absolute Gasteiger partial charge is 0.399 e. The summed E-state index contributed by atoms with van der Waals surface area (Å²) in [5.74, 6) is -0.0167. The van der Waals surface area contributed by atoms with Gasteiger partial charge < -0.3 is 11.1 Å². The molecule has 0 aliphatic rings. The number of rotatable bonds is 17. The summed E-state index contributed by atoms with van der Waals surface area (Å²) in [4.78, 5) is 12.9. The number of anilines is 1. The number of benzene rings is 2. The summed E-state index contributed by atoms with van der Waals surface area (Å²) in [6.45, 7) is 3.00. The molecule has 33 heavy (non-hydrogen) atoms. The van der Waals surface area contributed by atoms with Crippen LogP contribution in [0.5, 0.6) is 0 Å². The highest BCUT2D eigenvalue weighted by Gasteiger charge is 2.11. The number of carbonyl (C=O) groups is 1. The highest BCUT2D eigenvalue weighted by molar-refractivity contribution is 6.24. The Kier molecular flexibility index (Phi) is 13.8. The molecule has 0 atom stereocenters. The normalized spacial score (nSPS) is 11.5. The van der Waals surface area contributed by atoms with E-state index < -0.39 is 0 Å². The third-order valence-corrected chi connectivity index (χ3v) is 6.14. The van der Waals surface area contributed by atoms with Crippen LogP contribution >= 0.6 is 0 Å². The monoisotopic (exact) mass is 448 g/mol. The van der Waals surface area contributed by atoms with Crippen molar-refractivity contribution >= 4 is 23.2 Å². The van der Waals surface area contributed by atoms with Crippen LogP contribution < -0.4 is 11.1 Å². The van der Waals surface area contributed by atoms with Gasteiger partial charge in [0.2, 0.25) is 0 Å². The molecule has 0 saturated heterocycles. The topological polar surface area (TPSA) is 55.1 Å². The van der Waals surface area contributed by atoms with Crippen molar-refractivity contribution in [1.29, 1.82) is 0 Å². The van der Waals surface area contributed by atoms with Gasteiger partial charge in [0.25, 0.3) is 5.91 Å². The molecule has 0 spiro atoms. The molecular formula is C30H44N2O. The Morgan fingerprint density at radius 3 is 1.79 bits per heavy atom. The van der Waals surface area contributed by atoms with Crippen molar-refractivity contribution in [2.45, 2.75) is 90.4 Å². The second-order valence-electron chi connectivity index (χ2n) is 9.09. The molecule has 3 N–H and O–H groups in total. The zero-order valence-corrected chi connectivity index (χ0v) is 20.7. The van der Waals surface area contributed by atoms with Gasteiger partial charge in [-0.1, -0.05) is 126 Å². The van der Waals surface area contributed by atoms with Crippen molar-refractivity contribution in [3.63, 3.8) is 0 Å². The van der Waals surface area contributed by atoms with Crippen LogP contribution in [0.1, 0.15) is 102 Å². The fraction of sp³-hybridized carbons (Fsp3) is 0.500. The number of nitrogens with one attached hydrogen (secondary N) is 1. The number of unbranched alkanes of at least 4 members (excludes halogenated alkanes) is 12. The van der Waals surface area contributed by atoms with Gasteiger partial charge in [-0.15, -0.1) is 0 Å². The second kappa shape index (κ2) is 17.0. The summed E-state index contributed by atoms with van der Waals surface area (Å²) in [7, 11) is 0. The molecule has 3 nitrogen and oxygen atoms in total. The number of nitrogens with two attached hydrogens (primary N) is 1. The van der Waals surface area contributed by atoms with Crippen LogP contribution in [-0.4, -0.2) is 12.5 Å². The smallest absolute Gasteiger partial charge is 0.251 e. The van der Waals surface area contributed by atoms with E-state index in [1.54, 1.807) is 0 Å². The van der Waals surface area contributed by atoms with E-state index in [0.717, 1.165) is 29.8 Å². The van der Waals surface area contributed by atoms with E-state index in [1.165, 1.54) is 77.0 Å². The molecule has 3 heteroatoms. The van der Waals surface area contributed by atoms with E-state index in [1.807, 2.05) is 60.7 Å². The SMILES string of the molecule is CCCCCCCCCCCCCCCNC(=O)/C(=C\c1ccc(N)cc1)c1ccccc1. The molecule has 0 unspecified atom stereocenters. The standard InChI is InChI=1S/C30H44N2O/c1-2-3-4-5-6-7-8-9-10-11-12-13-17-24-32-30(33)29(27-18-15-14-16-19-27)25-26-20-22-28(31)23-21-26/h14-16,18-23,25H,2-13,17,24,31H2,1H3,(H,32,33)/b29-25-. The summed E-state index contributed by atoms with van der Waals surface area (Å²) in [5.41, 5.74) is 9.11. The maximum atomic E-state index is 12.9. The minimum Gasteiger partial charge on any atom is -0.399 e. The predicted molar refractivity (Wildman–Crippen MR) is 144 cm³/mol. The number of hydrogen-bond donors (Lipinski definition) is 2. The molecular weight excluding hydrogens is 404 g/mol. The fourth-order valence-corrected chi connectivity index (χ4v) is 4.10. The van der Waals surface area contributed by atoms with Crippen molar-refractivity contribution in [2.24, 2.45) is 0 Å². The molecule has 0 aliphatic heterocycles. The van der Waals surface area contributed by atoms with E-state index in [2.05, 4.69) is 12.2 Å². The summed E-state index contributed by atoms with van der Waals surface area (Å²) < 4.78 is 0. The first kappa shape index (κ1) is 26.7. The highest BCUT2D eigenvalue weighted by atomic mass is 16.1. The number of carbonyl (C=O) groups excluding carboxylic acids is 1. The number of amides is 1. The third-order valence-electron chi connectivity index (χ3n) is 6.14. The lowest BCUT2D eigenvalue weighted by Crippen LogP contribution is -2.25. The van der Waals surface area contributed by atoms with Gasteiger partial charge in [0.1, 0.15) is 0 Å². The molecule has 0 saturated carbocycles. The van der Waals surface area contributed by atoms with E-state index in [4.69, 9.17) is 5.73 Å². The molecule has 2 aromatic carbocycles. The fourth-order valence-electron chi connectivity index (χ4n) is 4.10. The van der Waals surface area contributed by atoms with E-state index in [9.17, 15) is 4.79 Å². The molecule has 0 radical (unpaired) electrons. The van der Waals surface area contributed by atoms with Gasteiger partial charge in [0, 0.05) is 17.8 Å².